The van der Waals surface area contributed by atoms with Gasteiger partial charge >= 0.3 is 5.97 Å². The number of aromatic nitrogens is 2. The van der Waals surface area contributed by atoms with Gasteiger partial charge in [-0.1, -0.05) is 53.3 Å². The van der Waals surface area contributed by atoms with Crippen molar-refractivity contribution in [2.45, 2.75) is 19.5 Å². The molecule has 0 bridgehead atoms. The number of rotatable bonds is 6. The quantitative estimate of drug-likeness (QED) is 0.254. The number of esters is 1. The van der Waals surface area contributed by atoms with E-state index in [-0.39, 0.29) is 11.1 Å². The maximum Gasteiger partial charge on any atom is 0.338 e. The molecule has 0 spiro atoms. The molecule has 0 N–H and O–H groups in total. The van der Waals surface area contributed by atoms with Gasteiger partial charge in [0, 0.05) is 39.8 Å². The van der Waals surface area contributed by atoms with Crippen molar-refractivity contribution in [3.05, 3.63) is 131 Å². The minimum atomic E-state index is -0.850. The minimum Gasteiger partial charge on any atom is -0.496 e. The predicted molar refractivity (Wildman–Crippen MR) is 166 cm³/mol. The Bertz CT molecular complexity index is 2170. The number of allylic oxidation sites excluding steroid dienone is 1. The van der Waals surface area contributed by atoms with Crippen LogP contribution in [0.15, 0.2) is 94.0 Å². The van der Waals surface area contributed by atoms with E-state index in [1.807, 2.05) is 48.7 Å². The number of thiazole rings is 1. The Balaban J connectivity index is 1.53. The zero-order chi connectivity index (χ0) is 30.2. The Morgan fingerprint density at radius 3 is 2.63 bits per heavy atom. The summed E-state index contributed by atoms with van der Waals surface area (Å²) in [5.41, 5.74) is 4.48. The average molecular weight is 609 g/mol. The molecule has 1 aliphatic rings. The maximum atomic E-state index is 14.1. The number of methoxy groups -OCH3 is 2. The van der Waals surface area contributed by atoms with E-state index in [4.69, 9.17) is 26.3 Å². The van der Waals surface area contributed by atoms with Crippen LogP contribution in [0.5, 0.6) is 5.75 Å². The molecule has 0 aliphatic carbocycles. The first-order valence-electron chi connectivity index (χ1n) is 13.3. The van der Waals surface area contributed by atoms with E-state index in [0.29, 0.717) is 43.5 Å². The smallest absolute Gasteiger partial charge is 0.338 e. The van der Waals surface area contributed by atoms with Crippen LogP contribution in [0.1, 0.15) is 35.2 Å². The molecule has 5 aromatic rings. The number of nitriles is 1. The topological polar surface area (TPSA) is 98.6 Å². The molecule has 0 radical (unpaired) electrons. The predicted octanol–water partition coefficient (Wildman–Crippen LogP) is 4.94. The molecule has 43 heavy (non-hydrogen) atoms. The number of hydrogen-bond acceptors (Lipinski definition) is 7. The maximum absolute atomic E-state index is 14.1. The van der Waals surface area contributed by atoms with E-state index in [2.05, 4.69) is 15.6 Å². The molecule has 3 aromatic carbocycles. The Morgan fingerprint density at radius 1 is 1.14 bits per heavy atom. The van der Waals surface area contributed by atoms with Crippen molar-refractivity contribution >= 4 is 45.9 Å². The number of para-hydroxylation sites is 1. The summed E-state index contributed by atoms with van der Waals surface area (Å²) in [4.78, 5) is 32.3. The summed E-state index contributed by atoms with van der Waals surface area (Å²) < 4.78 is 14.8. The third kappa shape index (κ3) is 5.05. The molecule has 0 saturated carbocycles. The van der Waals surface area contributed by atoms with Crippen molar-refractivity contribution in [1.82, 2.24) is 9.13 Å². The van der Waals surface area contributed by atoms with Crippen LogP contribution in [0.2, 0.25) is 5.02 Å². The van der Waals surface area contributed by atoms with Gasteiger partial charge in [0.25, 0.3) is 5.56 Å². The molecule has 0 fully saturated rings. The van der Waals surface area contributed by atoms with Crippen LogP contribution in [0.3, 0.4) is 0 Å². The summed E-state index contributed by atoms with van der Waals surface area (Å²) in [6.45, 7) is 2.32. The average Bonchev–Trinajstić information content (AvgIpc) is 3.52. The van der Waals surface area contributed by atoms with Gasteiger partial charge in [0.1, 0.15) is 11.8 Å². The molecule has 0 saturated heterocycles. The second kappa shape index (κ2) is 11.4. The first-order chi connectivity index (χ1) is 20.8. The van der Waals surface area contributed by atoms with E-state index in [0.717, 1.165) is 22.0 Å². The first kappa shape index (κ1) is 28.2. The van der Waals surface area contributed by atoms with Gasteiger partial charge in [-0.15, -0.1) is 0 Å². The number of carbonyl (C=O) groups is 1. The number of nitrogens with zero attached hydrogens (tertiary/aromatic N) is 4. The molecule has 3 heterocycles. The van der Waals surface area contributed by atoms with Gasteiger partial charge in [-0.2, -0.15) is 5.26 Å². The van der Waals surface area contributed by atoms with Crippen LogP contribution in [0.25, 0.3) is 17.0 Å². The Kier molecular flexibility index (Phi) is 7.48. The lowest BCUT2D eigenvalue weighted by atomic mass is 9.95. The lowest BCUT2D eigenvalue weighted by molar-refractivity contribution is -0.136. The molecule has 8 nitrogen and oxygen atoms in total. The highest BCUT2D eigenvalue weighted by molar-refractivity contribution is 7.07. The monoisotopic (exact) mass is 608 g/mol. The van der Waals surface area contributed by atoms with E-state index >= 15 is 0 Å². The Labute approximate surface area is 255 Å². The van der Waals surface area contributed by atoms with Crippen LogP contribution >= 0.6 is 22.9 Å². The second-order valence-corrected chi connectivity index (χ2v) is 11.4. The SMILES string of the molecule is COC(=O)C1=C(C)N=c2s/c(=C\c3cn(Cc4ccc(C#N)cc4)c4ccccc34)c(=O)n2[C@H]1c1cc(Cl)ccc1OC. The minimum absolute atomic E-state index is 0.237. The van der Waals surface area contributed by atoms with E-state index in [1.54, 1.807) is 37.3 Å². The summed E-state index contributed by atoms with van der Waals surface area (Å²) in [6, 6.07) is 21.9. The van der Waals surface area contributed by atoms with Gasteiger partial charge < -0.3 is 14.0 Å². The highest BCUT2D eigenvalue weighted by Gasteiger charge is 2.35. The van der Waals surface area contributed by atoms with Crippen molar-refractivity contribution in [3.8, 4) is 11.8 Å². The van der Waals surface area contributed by atoms with E-state index < -0.39 is 12.0 Å². The summed E-state index contributed by atoms with van der Waals surface area (Å²) in [5, 5.41) is 10.6. The van der Waals surface area contributed by atoms with Gasteiger partial charge in [0.2, 0.25) is 0 Å². The fourth-order valence-corrected chi connectivity index (χ4v) is 6.67. The number of carbonyl (C=O) groups excluding carboxylic acids is 1. The standard InChI is InChI=1S/C33H25ClN4O4S/c1-19-29(32(40)42-3)30(25-15-23(34)12-13-27(25)41-2)38-31(39)28(43-33(38)36-19)14-22-18-37(26-7-5-4-6-24(22)26)17-21-10-8-20(16-35)9-11-21/h4-15,18,30H,17H2,1-3H3/b28-14-/t30-/m0/s1. The largest absolute Gasteiger partial charge is 0.496 e. The van der Waals surface area contributed by atoms with Crippen molar-refractivity contribution < 1.29 is 14.3 Å². The van der Waals surface area contributed by atoms with Crippen LogP contribution in [-0.4, -0.2) is 29.3 Å². The van der Waals surface area contributed by atoms with Gasteiger partial charge in [0.05, 0.1) is 41.7 Å². The highest BCUT2D eigenvalue weighted by Crippen LogP contribution is 2.37. The van der Waals surface area contributed by atoms with Crippen LogP contribution < -0.4 is 19.6 Å². The third-order valence-corrected chi connectivity index (χ3v) is 8.67. The normalized spacial score (nSPS) is 14.8. The summed E-state index contributed by atoms with van der Waals surface area (Å²) in [5.74, 6) is -0.112. The molecule has 1 aliphatic heterocycles. The fourth-order valence-electron chi connectivity index (χ4n) is 5.45. The Hall–Kier alpha value is -4.91. The van der Waals surface area contributed by atoms with Crippen molar-refractivity contribution in [2.24, 2.45) is 4.99 Å². The lowest BCUT2D eigenvalue weighted by Gasteiger charge is -2.25. The van der Waals surface area contributed by atoms with Gasteiger partial charge in [-0.3, -0.25) is 9.36 Å². The molecule has 6 rings (SSSR count). The number of ether oxygens (including phenoxy) is 2. The number of halogens is 1. The molecule has 0 amide bonds. The molecular formula is C33H25ClN4O4S. The lowest BCUT2D eigenvalue weighted by Crippen LogP contribution is -2.40. The molecule has 0 unspecified atom stereocenters. The molecular weight excluding hydrogens is 584 g/mol. The zero-order valence-corrected chi connectivity index (χ0v) is 25.1. The van der Waals surface area contributed by atoms with Crippen molar-refractivity contribution in [2.75, 3.05) is 14.2 Å². The van der Waals surface area contributed by atoms with E-state index in [9.17, 15) is 9.59 Å². The highest BCUT2D eigenvalue weighted by atomic mass is 35.5. The summed E-state index contributed by atoms with van der Waals surface area (Å²) >= 11 is 7.63. The van der Waals surface area contributed by atoms with Crippen LogP contribution in [0.4, 0.5) is 0 Å². The summed E-state index contributed by atoms with van der Waals surface area (Å²) in [6.07, 6.45) is 3.88. The first-order valence-corrected chi connectivity index (χ1v) is 14.5. The molecule has 10 heteroatoms. The fraction of sp³-hybridized carbons (Fsp3) is 0.152. The number of benzene rings is 3. The van der Waals surface area contributed by atoms with Crippen molar-refractivity contribution in [3.63, 3.8) is 0 Å². The Morgan fingerprint density at radius 2 is 1.91 bits per heavy atom. The molecule has 1 atom stereocenters. The van der Waals surface area contributed by atoms with Gasteiger partial charge in [-0.25, -0.2) is 9.79 Å². The number of hydrogen-bond donors (Lipinski definition) is 0. The van der Waals surface area contributed by atoms with E-state index in [1.165, 1.54) is 30.1 Å². The second-order valence-electron chi connectivity index (χ2n) is 10.00. The third-order valence-electron chi connectivity index (χ3n) is 7.46. The van der Waals surface area contributed by atoms with Crippen molar-refractivity contribution in [1.29, 1.82) is 5.26 Å². The zero-order valence-electron chi connectivity index (χ0n) is 23.5. The number of fused-ring (bicyclic) bond motifs is 2. The van der Waals surface area contributed by atoms with Gasteiger partial charge in [0.15, 0.2) is 4.80 Å². The van der Waals surface area contributed by atoms with Crippen LogP contribution in [0, 0.1) is 11.3 Å². The molecule has 2 aromatic heterocycles. The van der Waals surface area contributed by atoms with Gasteiger partial charge in [-0.05, 0) is 55.0 Å². The van der Waals surface area contributed by atoms with Crippen LogP contribution in [-0.2, 0) is 16.1 Å². The summed E-state index contributed by atoms with van der Waals surface area (Å²) in [7, 11) is 2.83. The molecule has 214 valence electrons.